The Hall–Kier alpha value is -4.27. The van der Waals surface area contributed by atoms with Crippen LogP contribution in [0.5, 0.6) is 0 Å². The summed E-state index contributed by atoms with van der Waals surface area (Å²) in [6, 6.07) is 9.56. The lowest BCUT2D eigenvalue weighted by atomic mass is 9.90. The highest BCUT2D eigenvalue weighted by molar-refractivity contribution is 5.81. The number of ether oxygens (including phenoxy) is 1. The second-order valence-electron chi connectivity index (χ2n) is 9.34. The molecule has 5 heteroatoms. The van der Waals surface area contributed by atoms with Crippen molar-refractivity contribution in [3.8, 4) is 24.0 Å². The molecule has 2 aromatic rings. The van der Waals surface area contributed by atoms with Gasteiger partial charge in [0.15, 0.2) is 0 Å². The van der Waals surface area contributed by atoms with Crippen molar-refractivity contribution in [1.29, 1.82) is 10.5 Å². The minimum Gasteiger partial charge on any atom is -0.461 e. The molecule has 1 aromatic heterocycles. The SMILES string of the molecule is CC(C)(C)C1=CC(=C(C#N)C#N)C=C(/C=C/c2cc3cc4c(cc3oc2=O)C#CCCCC4)O1. The number of hydrogen-bond donors (Lipinski definition) is 0. The summed E-state index contributed by atoms with van der Waals surface area (Å²) < 4.78 is 11.6. The van der Waals surface area contributed by atoms with E-state index in [0.717, 1.165) is 42.2 Å². The van der Waals surface area contributed by atoms with Crippen LogP contribution in [0.4, 0.5) is 0 Å². The summed E-state index contributed by atoms with van der Waals surface area (Å²) in [7, 11) is 0. The van der Waals surface area contributed by atoms with Crippen LogP contribution in [-0.2, 0) is 11.2 Å². The minimum atomic E-state index is -0.462. The van der Waals surface area contributed by atoms with E-state index in [-0.39, 0.29) is 11.0 Å². The highest BCUT2D eigenvalue weighted by atomic mass is 16.5. The Morgan fingerprint density at radius 3 is 2.62 bits per heavy atom. The summed E-state index contributed by atoms with van der Waals surface area (Å²) in [5.41, 5.74) is 2.66. The zero-order valence-electron chi connectivity index (χ0n) is 19.5. The Morgan fingerprint density at radius 2 is 1.88 bits per heavy atom. The van der Waals surface area contributed by atoms with E-state index in [1.165, 1.54) is 0 Å². The normalized spacial score (nSPS) is 15.5. The van der Waals surface area contributed by atoms with Crippen LogP contribution in [-0.4, -0.2) is 0 Å². The molecule has 2 heterocycles. The van der Waals surface area contributed by atoms with Crippen molar-refractivity contribution in [3.63, 3.8) is 0 Å². The van der Waals surface area contributed by atoms with Gasteiger partial charge in [-0.2, -0.15) is 10.5 Å². The van der Waals surface area contributed by atoms with Gasteiger partial charge in [-0.15, -0.1) is 0 Å². The highest BCUT2D eigenvalue weighted by Crippen LogP contribution is 2.34. The van der Waals surface area contributed by atoms with Crippen molar-refractivity contribution in [3.05, 3.63) is 86.2 Å². The number of benzene rings is 1. The van der Waals surface area contributed by atoms with Gasteiger partial charge in [-0.25, -0.2) is 4.79 Å². The molecule has 1 aromatic carbocycles. The number of nitriles is 2. The van der Waals surface area contributed by atoms with Gasteiger partial charge in [0.05, 0.1) is 5.56 Å². The summed E-state index contributed by atoms with van der Waals surface area (Å²) in [5.74, 6) is 7.42. The third kappa shape index (κ3) is 4.88. The first-order valence-corrected chi connectivity index (χ1v) is 11.2. The first kappa shape index (κ1) is 22.9. The second kappa shape index (κ2) is 9.30. The maximum atomic E-state index is 12.7. The van der Waals surface area contributed by atoms with Gasteiger partial charge in [-0.3, -0.25) is 0 Å². The molecule has 0 saturated heterocycles. The smallest absolute Gasteiger partial charge is 0.343 e. The lowest BCUT2D eigenvalue weighted by Crippen LogP contribution is -2.15. The molecular weight excluding hydrogens is 424 g/mol. The third-order valence-corrected chi connectivity index (χ3v) is 5.70. The molecule has 0 saturated carbocycles. The van der Waals surface area contributed by atoms with Crippen molar-refractivity contribution in [2.45, 2.75) is 46.5 Å². The van der Waals surface area contributed by atoms with E-state index < -0.39 is 5.63 Å². The molecule has 34 heavy (non-hydrogen) atoms. The molecule has 0 bridgehead atoms. The van der Waals surface area contributed by atoms with E-state index >= 15 is 0 Å². The van der Waals surface area contributed by atoms with E-state index in [1.807, 2.05) is 39.0 Å². The van der Waals surface area contributed by atoms with Crippen LogP contribution in [0, 0.1) is 39.9 Å². The topological polar surface area (TPSA) is 87.0 Å². The molecule has 4 rings (SSSR count). The molecule has 0 atom stereocenters. The Bertz CT molecular complexity index is 1480. The number of aryl methyl sites for hydroxylation is 1. The van der Waals surface area contributed by atoms with Crippen LogP contribution in [0.25, 0.3) is 17.0 Å². The maximum Gasteiger partial charge on any atom is 0.343 e. The van der Waals surface area contributed by atoms with Gasteiger partial charge in [0.1, 0.15) is 34.8 Å². The standard InChI is InChI=1S/C29H24N2O3/c1-29(2,3)27-16-22(24(17-30)18-31)14-25(33-27)11-10-21-13-23-12-19-8-6-4-5-7-9-20(19)15-26(23)34-28(21)32/h10-16H,4-6,8H2,1-3H3/b11-10+. The number of rotatable bonds is 2. The molecule has 1 aliphatic heterocycles. The second-order valence-corrected chi connectivity index (χ2v) is 9.34. The van der Waals surface area contributed by atoms with Crippen LogP contribution in [0.1, 0.15) is 56.7 Å². The molecule has 0 radical (unpaired) electrons. The third-order valence-electron chi connectivity index (χ3n) is 5.70. The molecule has 5 nitrogen and oxygen atoms in total. The fraction of sp³-hybridized carbons (Fsp3) is 0.276. The van der Waals surface area contributed by atoms with E-state index in [0.29, 0.717) is 28.2 Å². The first-order chi connectivity index (χ1) is 16.3. The average Bonchev–Trinajstić information content (AvgIpc) is 2.78. The van der Waals surface area contributed by atoms with Crippen LogP contribution in [0.15, 0.2) is 68.3 Å². The van der Waals surface area contributed by atoms with Crippen molar-refractivity contribution in [1.82, 2.24) is 0 Å². The lowest BCUT2D eigenvalue weighted by Gasteiger charge is -2.26. The van der Waals surface area contributed by atoms with Gasteiger partial charge in [-0.05, 0) is 67.3 Å². The van der Waals surface area contributed by atoms with Crippen LogP contribution < -0.4 is 5.63 Å². The zero-order chi connectivity index (χ0) is 24.3. The Kier molecular flexibility index (Phi) is 6.27. The molecule has 0 fully saturated rings. The average molecular weight is 449 g/mol. The van der Waals surface area contributed by atoms with Gasteiger partial charge in [-0.1, -0.05) is 32.6 Å². The predicted molar refractivity (Wildman–Crippen MR) is 131 cm³/mol. The summed E-state index contributed by atoms with van der Waals surface area (Å²) in [6.45, 7) is 5.94. The van der Waals surface area contributed by atoms with Gasteiger partial charge >= 0.3 is 5.63 Å². The van der Waals surface area contributed by atoms with Crippen molar-refractivity contribution in [2.24, 2.45) is 5.41 Å². The molecule has 2 aliphatic rings. The van der Waals surface area contributed by atoms with E-state index in [2.05, 4.69) is 17.9 Å². The number of allylic oxidation sites excluding steroid dienone is 6. The van der Waals surface area contributed by atoms with Gasteiger partial charge in [0.25, 0.3) is 0 Å². The number of hydrogen-bond acceptors (Lipinski definition) is 5. The quantitative estimate of drug-likeness (QED) is 0.316. The molecular formula is C29H24N2O3. The zero-order valence-corrected chi connectivity index (χ0v) is 19.5. The van der Waals surface area contributed by atoms with Gasteiger partial charge in [0, 0.05) is 28.4 Å². The van der Waals surface area contributed by atoms with Crippen molar-refractivity contribution < 1.29 is 9.15 Å². The Balaban J connectivity index is 1.73. The molecule has 0 spiro atoms. The van der Waals surface area contributed by atoms with Crippen LogP contribution >= 0.6 is 0 Å². The van der Waals surface area contributed by atoms with Gasteiger partial charge in [0.2, 0.25) is 0 Å². The summed E-state index contributed by atoms with van der Waals surface area (Å²) in [5, 5.41) is 19.5. The predicted octanol–water partition coefficient (Wildman–Crippen LogP) is 6.07. The molecule has 1 aliphatic carbocycles. The number of nitrogens with zero attached hydrogens (tertiary/aromatic N) is 2. The Labute approximate surface area is 199 Å². The fourth-order valence-electron chi connectivity index (χ4n) is 3.80. The summed E-state index contributed by atoms with van der Waals surface area (Å²) in [4.78, 5) is 12.7. The number of fused-ring (bicyclic) bond motifs is 2. The molecule has 0 amide bonds. The lowest BCUT2D eigenvalue weighted by molar-refractivity contribution is 0.223. The minimum absolute atomic E-state index is 0.000704. The van der Waals surface area contributed by atoms with Crippen LogP contribution in [0.2, 0.25) is 0 Å². The van der Waals surface area contributed by atoms with Crippen molar-refractivity contribution in [2.75, 3.05) is 0 Å². The largest absolute Gasteiger partial charge is 0.461 e. The van der Waals surface area contributed by atoms with E-state index in [9.17, 15) is 15.3 Å². The van der Waals surface area contributed by atoms with Crippen LogP contribution in [0.3, 0.4) is 0 Å². The Morgan fingerprint density at radius 1 is 1.09 bits per heavy atom. The van der Waals surface area contributed by atoms with Crippen molar-refractivity contribution >= 4 is 17.0 Å². The van der Waals surface area contributed by atoms with E-state index in [1.54, 1.807) is 30.4 Å². The monoisotopic (exact) mass is 448 g/mol. The fourth-order valence-corrected chi connectivity index (χ4v) is 3.80. The van der Waals surface area contributed by atoms with E-state index in [4.69, 9.17) is 9.15 Å². The summed E-state index contributed by atoms with van der Waals surface area (Å²) >= 11 is 0. The first-order valence-electron chi connectivity index (χ1n) is 11.2. The van der Waals surface area contributed by atoms with Gasteiger partial charge < -0.3 is 9.15 Å². The maximum absolute atomic E-state index is 12.7. The summed E-state index contributed by atoms with van der Waals surface area (Å²) in [6.07, 6.45) is 10.6. The molecule has 168 valence electrons. The molecule has 0 N–H and O–H groups in total. The molecule has 0 unspecified atom stereocenters. The highest BCUT2D eigenvalue weighted by Gasteiger charge is 2.24.